The summed E-state index contributed by atoms with van der Waals surface area (Å²) in [6.45, 7) is 3.97. The van der Waals surface area contributed by atoms with Crippen molar-refractivity contribution in [1.29, 1.82) is 0 Å². The quantitative estimate of drug-likeness (QED) is 0.614. The van der Waals surface area contributed by atoms with Gasteiger partial charge < -0.3 is 9.64 Å². The second-order valence-electron chi connectivity index (χ2n) is 4.53. The lowest BCUT2D eigenvalue weighted by atomic mass is 9.99. The van der Waals surface area contributed by atoms with E-state index in [2.05, 4.69) is 5.32 Å². The number of amides is 3. The summed E-state index contributed by atoms with van der Waals surface area (Å²) in [6, 6.07) is -0.590. The number of rotatable bonds is 1. The van der Waals surface area contributed by atoms with Gasteiger partial charge in [0.15, 0.2) is 0 Å². The Labute approximate surface area is 99.3 Å². The molecule has 3 amide bonds. The number of hydrogen-bond acceptors (Lipinski definition) is 4. The number of piperazine rings is 1. The third kappa shape index (κ3) is 2.17. The Morgan fingerprint density at radius 2 is 2.12 bits per heavy atom. The summed E-state index contributed by atoms with van der Waals surface area (Å²) in [5, 5.41) is 2.21. The summed E-state index contributed by atoms with van der Waals surface area (Å²) in [5.74, 6) is -1.24. The Morgan fingerprint density at radius 3 is 2.71 bits per heavy atom. The fourth-order valence-corrected chi connectivity index (χ4v) is 2.25. The van der Waals surface area contributed by atoms with Gasteiger partial charge in [0.2, 0.25) is 17.7 Å². The maximum atomic E-state index is 12.2. The average molecular weight is 240 g/mol. The van der Waals surface area contributed by atoms with Crippen molar-refractivity contribution in [2.24, 2.45) is 5.92 Å². The van der Waals surface area contributed by atoms with Gasteiger partial charge in [0.25, 0.3) is 0 Å². The van der Waals surface area contributed by atoms with Crippen molar-refractivity contribution in [3.05, 3.63) is 0 Å². The molecule has 3 unspecified atom stereocenters. The average Bonchev–Trinajstić information content (AvgIpc) is 2.69. The predicted octanol–water partition coefficient (Wildman–Crippen LogP) is -0.715. The van der Waals surface area contributed by atoms with Gasteiger partial charge in [0, 0.05) is 6.61 Å². The van der Waals surface area contributed by atoms with Crippen LogP contribution in [0.3, 0.4) is 0 Å². The third-order valence-electron chi connectivity index (χ3n) is 3.40. The van der Waals surface area contributed by atoms with Gasteiger partial charge in [-0.3, -0.25) is 19.7 Å². The van der Waals surface area contributed by atoms with Crippen molar-refractivity contribution in [2.75, 3.05) is 13.2 Å². The highest BCUT2D eigenvalue weighted by Crippen LogP contribution is 2.24. The van der Waals surface area contributed by atoms with E-state index in [4.69, 9.17) is 4.74 Å². The number of nitrogens with zero attached hydrogens (tertiary/aromatic N) is 1. The molecular weight excluding hydrogens is 224 g/mol. The Bertz CT molecular complexity index is 368. The van der Waals surface area contributed by atoms with E-state index in [0.29, 0.717) is 13.0 Å². The van der Waals surface area contributed by atoms with Gasteiger partial charge in [-0.25, -0.2) is 0 Å². The molecule has 0 saturated carbocycles. The van der Waals surface area contributed by atoms with Gasteiger partial charge in [-0.2, -0.15) is 0 Å². The lowest BCUT2D eigenvalue weighted by Crippen LogP contribution is -2.60. The van der Waals surface area contributed by atoms with Crippen LogP contribution in [0.5, 0.6) is 0 Å². The third-order valence-corrected chi connectivity index (χ3v) is 3.40. The minimum absolute atomic E-state index is 0.0467. The van der Waals surface area contributed by atoms with Gasteiger partial charge in [0.05, 0.1) is 12.0 Å². The molecule has 0 aromatic rings. The molecule has 2 heterocycles. The minimum Gasteiger partial charge on any atom is -0.378 e. The molecule has 0 aromatic carbocycles. The van der Waals surface area contributed by atoms with Crippen molar-refractivity contribution in [1.82, 2.24) is 10.2 Å². The first kappa shape index (κ1) is 12.0. The van der Waals surface area contributed by atoms with Crippen LogP contribution in [0.2, 0.25) is 0 Å². The second kappa shape index (κ2) is 4.44. The van der Waals surface area contributed by atoms with E-state index in [1.165, 1.54) is 4.90 Å². The summed E-state index contributed by atoms with van der Waals surface area (Å²) in [4.78, 5) is 36.3. The van der Waals surface area contributed by atoms with E-state index in [-0.39, 0.29) is 24.5 Å². The number of ether oxygens (including phenoxy) is 1. The molecule has 0 aliphatic carbocycles. The molecule has 0 radical (unpaired) electrons. The number of hydrogen-bond donors (Lipinski definition) is 1. The lowest BCUT2D eigenvalue weighted by Gasteiger charge is -2.33. The van der Waals surface area contributed by atoms with Crippen LogP contribution in [-0.4, -0.2) is 47.9 Å². The summed E-state index contributed by atoms with van der Waals surface area (Å²) in [5.41, 5.74) is 0. The Hall–Kier alpha value is -1.43. The van der Waals surface area contributed by atoms with E-state index in [1.807, 2.05) is 6.92 Å². The van der Waals surface area contributed by atoms with E-state index in [9.17, 15) is 14.4 Å². The molecule has 6 heteroatoms. The maximum Gasteiger partial charge on any atom is 0.249 e. The first-order valence-corrected chi connectivity index (χ1v) is 5.76. The molecule has 2 aliphatic heterocycles. The van der Waals surface area contributed by atoms with Crippen molar-refractivity contribution in [3.8, 4) is 0 Å². The van der Waals surface area contributed by atoms with Gasteiger partial charge >= 0.3 is 0 Å². The minimum atomic E-state index is -0.590. The zero-order valence-electron chi connectivity index (χ0n) is 9.93. The molecule has 1 N–H and O–H groups in total. The zero-order valence-corrected chi connectivity index (χ0v) is 9.93. The van der Waals surface area contributed by atoms with Crippen LogP contribution >= 0.6 is 0 Å². The predicted molar refractivity (Wildman–Crippen MR) is 57.8 cm³/mol. The van der Waals surface area contributed by atoms with Crippen LogP contribution in [0.25, 0.3) is 0 Å². The standard InChI is InChI=1S/C11H16N2O4/c1-6-10(15)12-9(14)5-13(6)11(16)8-3-4-17-7(8)2/h6-8H,3-5H2,1-2H3,(H,12,14,15). The van der Waals surface area contributed by atoms with Crippen LogP contribution in [0.1, 0.15) is 20.3 Å². The summed E-state index contributed by atoms with van der Waals surface area (Å²) < 4.78 is 5.33. The van der Waals surface area contributed by atoms with Gasteiger partial charge in [-0.1, -0.05) is 0 Å². The van der Waals surface area contributed by atoms with E-state index < -0.39 is 17.9 Å². The molecule has 2 aliphatic rings. The van der Waals surface area contributed by atoms with Gasteiger partial charge in [-0.05, 0) is 20.3 Å². The monoisotopic (exact) mass is 240 g/mol. The molecule has 94 valence electrons. The maximum absolute atomic E-state index is 12.2. The first-order chi connectivity index (χ1) is 8.00. The normalized spacial score (nSPS) is 33.8. The lowest BCUT2D eigenvalue weighted by molar-refractivity contribution is -0.152. The Kier molecular flexibility index (Phi) is 3.15. The summed E-state index contributed by atoms with van der Waals surface area (Å²) in [7, 11) is 0. The van der Waals surface area contributed by atoms with E-state index in [0.717, 1.165) is 0 Å². The first-order valence-electron chi connectivity index (χ1n) is 5.76. The van der Waals surface area contributed by atoms with E-state index in [1.54, 1.807) is 6.92 Å². The van der Waals surface area contributed by atoms with Gasteiger partial charge in [0.1, 0.15) is 12.6 Å². The molecule has 6 nitrogen and oxygen atoms in total. The highest BCUT2D eigenvalue weighted by Gasteiger charge is 2.40. The van der Waals surface area contributed by atoms with Crippen LogP contribution in [-0.2, 0) is 19.1 Å². The highest BCUT2D eigenvalue weighted by atomic mass is 16.5. The molecule has 0 spiro atoms. The Morgan fingerprint density at radius 1 is 1.41 bits per heavy atom. The van der Waals surface area contributed by atoms with Crippen LogP contribution in [0.15, 0.2) is 0 Å². The molecule has 3 atom stereocenters. The fourth-order valence-electron chi connectivity index (χ4n) is 2.25. The highest BCUT2D eigenvalue weighted by molar-refractivity contribution is 6.04. The topological polar surface area (TPSA) is 75.7 Å². The SMILES string of the molecule is CC1OCCC1C(=O)N1CC(=O)NC(=O)C1C. The fraction of sp³-hybridized carbons (Fsp3) is 0.727. The van der Waals surface area contributed by atoms with Crippen molar-refractivity contribution < 1.29 is 19.1 Å². The second-order valence-corrected chi connectivity index (χ2v) is 4.53. The van der Waals surface area contributed by atoms with Crippen molar-refractivity contribution >= 4 is 17.7 Å². The molecule has 0 aromatic heterocycles. The molecule has 17 heavy (non-hydrogen) atoms. The zero-order chi connectivity index (χ0) is 12.6. The molecular formula is C11H16N2O4. The number of carbonyl (C=O) groups excluding carboxylic acids is 3. The summed E-state index contributed by atoms with van der Waals surface area (Å²) in [6.07, 6.45) is 0.508. The molecule has 2 saturated heterocycles. The van der Waals surface area contributed by atoms with Crippen LogP contribution in [0.4, 0.5) is 0 Å². The largest absolute Gasteiger partial charge is 0.378 e. The smallest absolute Gasteiger partial charge is 0.249 e. The van der Waals surface area contributed by atoms with Crippen LogP contribution < -0.4 is 5.32 Å². The van der Waals surface area contributed by atoms with Gasteiger partial charge in [-0.15, -0.1) is 0 Å². The molecule has 2 rings (SSSR count). The molecule has 2 fully saturated rings. The van der Waals surface area contributed by atoms with Crippen LogP contribution in [0, 0.1) is 5.92 Å². The molecule has 0 bridgehead atoms. The Balaban J connectivity index is 2.12. The number of carbonyl (C=O) groups is 3. The van der Waals surface area contributed by atoms with E-state index >= 15 is 0 Å². The van der Waals surface area contributed by atoms with Crippen molar-refractivity contribution in [2.45, 2.75) is 32.4 Å². The number of imide groups is 1. The van der Waals surface area contributed by atoms with Crippen molar-refractivity contribution in [3.63, 3.8) is 0 Å². The summed E-state index contributed by atoms with van der Waals surface area (Å²) >= 11 is 0. The number of nitrogens with one attached hydrogen (secondary N) is 1.